The standard InChI is InChI=1S/C18H25ClO3/c1-4-5-6-7-13(2)10-11-22-14(3)18(21)16-12-15(19)8-9-17(16)20/h8-10,12,14,20H,4-7,11H2,1-3H3. The Labute approximate surface area is 137 Å². The first-order valence-corrected chi connectivity index (χ1v) is 8.13. The van der Waals surface area contributed by atoms with Gasteiger partial charge in [-0.15, -0.1) is 0 Å². The summed E-state index contributed by atoms with van der Waals surface area (Å²) < 4.78 is 5.55. The maximum atomic E-state index is 12.2. The molecule has 1 rings (SSSR count). The molecule has 1 atom stereocenters. The first-order chi connectivity index (χ1) is 10.5. The maximum absolute atomic E-state index is 12.2. The van der Waals surface area contributed by atoms with Crippen LogP contribution in [0, 0.1) is 0 Å². The number of benzene rings is 1. The van der Waals surface area contributed by atoms with Gasteiger partial charge in [0.25, 0.3) is 0 Å². The summed E-state index contributed by atoms with van der Waals surface area (Å²) >= 11 is 5.86. The van der Waals surface area contributed by atoms with Crippen LogP contribution in [0.15, 0.2) is 29.8 Å². The van der Waals surface area contributed by atoms with Gasteiger partial charge >= 0.3 is 0 Å². The minimum absolute atomic E-state index is 0.0730. The van der Waals surface area contributed by atoms with Gasteiger partial charge in [-0.1, -0.05) is 43.0 Å². The summed E-state index contributed by atoms with van der Waals surface area (Å²) in [5, 5.41) is 10.2. The van der Waals surface area contributed by atoms with Crippen LogP contribution in [0.3, 0.4) is 0 Å². The number of phenols is 1. The summed E-state index contributed by atoms with van der Waals surface area (Å²) in [5.41, 5.74) is 1.47. The Hall–Kier alpha value is -1.32. The molecule has 0 aliphatic heterocycles. The van der Waals surface area contributed by atoms with Gasteiger partial charge in [0, 0.05) is 5.02 Å². The molecule has 3 nitrogen and oxygen atoms in total. The molecule has 0 fully saturated rings. The Kier molecular flexibility index (Phi) is 8.21. The summed E-state index contributed by atoms with van der Waals surface area (Å²) in [4.78, 5) is 12.2. The second-order valence-electron chi connectivity index (χ2n) is 5.51. The van der Waals surface area contributed by atoms with Crippen LogP contribution in [-0.4, -0.2) is 23.6 Å². The highest BCUT2D eigenvalue weighted by Crippen LogP contribution is 2.23. The number of halogens is 1. The number of carbonyl (C=O) groups is 1. The van der Waals surface area contributed by atoms with E-state index in [1.54, 1.807) is 13.0 Å². The van der Waals surface area contributed by atoms with Gasteiger partial charge < -0.3 is 9.84 Å². The molecule has 0 bridgehead atoms. The predicted molar refractivity (Wildman–Crippen MR) is 90.8 cm³/mol. The van der Waals surface area contributed by atoms with E-state index >= 15 is 0 Å². The Morgan fingerprint density at radius 2 is 2.14 bits per heavy atom. The van der Waals surface area contributed by atoms with Gasteiger partial charge in [0.2, 0.25) is 0 Å². The quantitative estimate of drug-likeness (QED) is 0.387. The van der Waals surface area contributed by atoms with Crippen molar-refractivity contribution in [2.45, 2.75) is 52.6 Å². The topological polar surface area (TPSA) is 46.5 Å². The van der Waals surface area contributed by atoms with Crippen molar-refractivity contribution in [2.24, 2.45) is 0 Å². The Bertz CT molecular complexity index is 523. The van der Waals surface area contributed by atoms with Crippen molar-refractivity contribution < 1.29 is 14.6 Å². The molecule has 0 aromatic heterocycles. The molecule has 0 aliphatic carbocycles. The summed E-state index contributed by atoms with van der Waals surface area (Å²) in [6.07, 6.45) is 6.08. The maximum Gasteiger partial charge on any atom is 0.195 e. The number of rotatable bonds is 9. The Balaban J connectivity index is 2.51. The number of hydrogen-bond acceptors (Lipinski definition) is 3. The van der Waals surface area contributed by atoms with E-state index < -0.39 is 6.10 Å². The summed E-state index contributed by atoms with van der Waals surface area (Å²) in [6, 6.07) is 4.42. The van der Waals surface area contributed by atoms with Crippen molar-refractivity contribution in [3.8, 4) is 5.75 Å². The summed E-state index contributed by atoms with van der Waals surface area (Å²) in [5.74, 6) is -0.340. The largest absolute Gasteiger partial charge is 0.507 e. The fraction of sp³-hybridized carbons (Fsp3) is 0.500. The zero-order chi connectivity index (χ0) is 16.5. The molecule has 0 amide bonds. The van der Waals surface area contributed by atoms with Crippen LogP contribution in [0.5, 0.6) is 5.75 Å². The van der Waals surface area contributed by atoms with Gasteiger partial charge in [0.1, 0.15) is 11.9 Å². The van der Waals surface area contributed by atoms with Crippen molar-refractivity contribution in [3.63, 3.8) is 0 Å². The van der Waals surface area contributed by atoms with E-state index in [-0.39, 0.29) is 17.1 Å². The van der Waals surface area contributed by atoms with E-state index in [0.29, 0.717) is 11.6 Å². The molecule has 0 heterocycles. The molecule has 1 unspecified atom stereocenters. The number of Topliss-reactive ketones (excluding diaryl/α,β-unsaturated/α-hetero) is 1. The zero-order valence-electron chi connectivity index (χ0n) is 13.6. The molecule has 4 heteroatoms. The average Bonchev–Trinajstić information content (AvgIpc) is 2.49. The molecule has 0 aliphatic rings. The second-order valence-corrected chi connectivity index (χ2v) is 5.95. The first-order valence-electron chi connectivity index (χ1n) is 7.75. The lowest BCUT2D eigenvalue weighted by molar-refractivity contribution is 0.0562. The SMILES string of the molecule is CCCCCC(C)=CCOC(C)C(=O)c1cc(Cl)ccc1O. The zero-order valence-corrected chi connectivity index (χ0v) is 14.3. The molecule has 22 heavy (non-hydrogen) atoms. The highest BCUT2D eigenvalue weighted by Gasteiger charge is 2.19. The second kappa shape index (κ2) is 9.65. The lowest BCUT2D eigenvalue weighted by Gasteiger charge is -2.12. The summed E-state index contributed by atoms with van der Waals surface area (Å²) in [6.45, 7) is 6.34. The number of unbranched alkanes of at least 4 members (excludes halogenated alkanes) is 2. The fourth-order valence-electron chi connectivity index (χ4n) is 2.09. The number of ether oxygens (including phenoxy) is 1. The van der Waals surface area contributed by atoms with Gasteiger partial charge in [0.05, 0.1) is 12.2 Å². The molecule has 1 aromatic rings. The van der Waals surface area contributed by atoms with Gasteiger partial charge in [-0.2, -0.15) is 0 Å². The van der Waals surface area contributed by atoms with Crippen molar-refractivity contribution in [1.82, 2.24) is 0 Å². The van der Waals surface area contributed by atoms with Crippen LogP contribution in [-0.2, 0) is 4.74 Å². The molecular formula is C18H25ClO3. The van der Waals surface area contributed by atoms with Crippen LogP contribution in [0.4, 0.5) is 0 Å². The Morgan fingerprint density at radius 3 is 2.82 bits per heavy atom. The van der Waals surface area contributed by atoms with E-state index in [1.807, 2.05) is 6.08 Å². The normalized spacial score (nSPS) is 13.2. The van der Waals surface area contributed by atoms with Crippen LogP contribution < -0.4 is 0 Å². The predicted octanol–water partition coefficient (Wildman–Crippen LogP) is 5.16. The number of hydrogen-bond donors (Lipinski definition) is 1. The third-order valence-corrected chi connectivity index (χ3v) is 3.78. The van der Waals surface area contributed by atoms with Crippen LogP contribution in [0.25, 0.3) is 0 Å². The molecular weight excluding hydrogens is 300 g/mol. The number of ketones is 1. The van der Waals surface area contributed by atoms with Gasteiger partial charge in [-0.25, -0.2) is 0 Å². The van der Waals surface area contributed by atoms with Crippen molar-refractivity contribution >= 4 is 17.4 Å². The monoisotopic (exact) mass is 324 g/mol. The lowest BCUT2D eigenvalue weighted by atomic mass is 10.1. The highest BCUT2D eigenvalue weighted by atomic mass is 35.5. The minimum atomic E-state index is -0.621. The molecule has 0 radical (unpaired) electrons. The molecule has 0 saturated heterocycles. The first kappa shape index (κ1) is 18.7. The number of allylic oxidation sites excluding steroid dienone is 1. The lowest BCUT2D eigenvalue weighted by Crippen LogP contribution is -2.21. The smallest absolute Gasteiger partial charge is 0.195 e. The number of phenolic OH excluding ortho intramolecular Hbond substituents is 1. The summed E-state index contributed by atoms with van der Waals surface area (Å²) in [7, 11) is 0. The van der Waals surface area contributed by atoms with Crippen LogP contribution >= 0.6 is 11.6 Å². The van der Waals surface area contributed by atoms with Gasteiger partial charge in [0.15, 0.2) is 5.78 Å². The van der Waals surface area contributed by atoms with E-state index in [1.165, 1.54) is 37.0 Å². The van der Waals surface area contributed by atoms with E-state index in [9.17, 15) is 9.90 Å². The van der Waals surface area contributed by atoms with Crippen molar-refractivity contribution in [3.05, 3.63) is 40.4 Å². The minimum Gasteiger partial charge on any atom is -0.507 e. The van der Waals surface area contributed by atoms with Crippen molar-refractivity contribution in [1.29, 1.82) is 0 Å². The molecule has 1 aromatic carbocycles. The molecule has 0 spiro atoms. The van der Waals surface area contributed by atoms with Crippen LogP contribution in [0.1, 0.15) is 56.8 Å². The molecule has 0 saturated carbocycles. The number of carbonyl (C=O) groups excluding carboxylic acids is 1. The van der Waals surface area contributed by atoms with E-state index in [4.69, 9.17) is 16.3 Å². The van der Waals surface area contributed by atoms with Crippen LogP contribution in [0.2, 0.25) is 5.02 Å². The highest BCUT2D eigenvalue weighted by molar-refractivity contribution is 6.31. The molecule has 122 valence electrons. The van der Waals surface area contributed by atoms with Gasteiger partial charge in [-0.05, 0) is 44.9 Å². The number of aromatic hydroxyl groups is 1. The Morgan fingerprint density at radius 1 is 1.41 bits per heavy atom. The average molecular weight is 325 g/mol. The fourth-order valence-corrected chi connectivity index (χ4v) is 2.26. The third kappa shape index (κ3) is 6.20. The van der Waals surface area contributed by atoms with Gasteiger partial charge in [-0.3, -0.25) is 4.79 Å². The van der Waals surface area contributed by atoms with Crippen molar-refractivity contribution in [2.75, 3.05) is 6.61 Å². The van der Waals surface area contributed by atoms with E-state index in [2.05, 4.69) is 13.8 Å². The molecule has 1 N–H and O–H groups in total. The third-order valence-electron chi connectivity index (χ3n) is 3.55. The van der Waals surface area contributed by atoms with E-state index in [0.717, 1.165) is 6.42 Å².